The molecule has 722 valence electrons. The van der Waals surface area contributed by atoms with E-state index in [1.165, 1.54) is 64.8 Å². The number of hydrogen-bond acceptors (Lipinski definition) is 22. The molecule has 11 aromatic rings. The zero-order valence-corrected chi connectivity index (χ0v) is 81.3. The van der Waals surface area contributed by atoms with Crippen molar-refractivity contribution in [1.82, 2.24) is 44.6 Å². The Hall–Kier alpha value is -13.1. The van der Waals surface area contributed by atoms with Crippen LogP contribution in [0.15, 0.2) is 176 Å². The predicted octanol–water partition coefficient (Wildman–Crippen LogP) is 11.3. The van der Waals surface area contributed by atoms with Crippen LogP contribution in [0.2, 0.25) is 0 Å². The molecule has 31 nitrogen and oxygen atoms in total. The fraction of sp³-hybridized carbons (Fsp3) is 0.406. The lowest BCUT2D eigenvalue weighted by Gasteiger charge is -2.25. The lowest BCUT2D eigenvalue weighted by Crippen LogP contribution is -3.00. The molecule has 1 unspecified atom stereocenters. The number of carbonyl (C=O) groups excluding carboxylic acids is 4. The van der Waals surface area contributed by atoms with Crippen LogP contribution in [0.1, 0.15) is 204 Å². The number of pyridine rings is 2. The van der Waals surface area contributed by atoms with Crippen molar-refractivity contribution in [3.63, 3.8) is 0 Å². The minimum Gasteiger partial charge on any atom is -1.00 e. The third kappa shape index (κ3) is 28.7. The van der Waals surface area contributed by atoms with Gasteiger partial charge in [0.2, 0.25) is 5.91 Å². The number of benzene rings is 7. The van der Waals surface area contributed by atoms with E-state index in [1.54, 1.807) is 118 Å². The summed E-state index contributed by atoms with van der Waals surface area (Å²) >= 11 is 0. The fourth-order valence-electron chi connectivity index (χ4n) is 15.5. The highest BCUT2D eigenvalue weighted by Crippen LogP contribution is 2.40. The lowest BCUT2D eigenvalue weighted by molar-refractivity contribution is -0.420. The quantitative estimate of drug-likeness (QED) is 0.0293. The summed E-state index contributed by atoms with van der Waals surface area (Å²) in [6.45, 7) is 16.5. The third-order valence-corrected chi connectivity index (χ3v) is 23.3. The van der Waals surface area contributed by atoms with Gasteiger partial charge in [-0.3, -0.25) is 24.4 Å². The molecule has 6 atom stereocenters. The van der Waals surface area contributed by atoms with Crippen LogP contribution in [0.5, 0.6) is 57.5 Å². The molecule has 2 aliphatic heterocycles. The smallest absolute Gasteiger partial charge is 0.416 e. The van der Waals surface area contributed by atoms with Gasteiger partial charge in [0.15, 0.2) is 69.1 Å². The first-order chi connectivity index (χ1) is 63.5. The SMILES string of the molecule is CC(C)C1COC(=O)N1.COc1ccc(CC(=O)N2C(=O)OC[C@H]2C(C)C)cc1OC.COc1ccc([C@@H](C)C(=O)O)cc1OC.COc1ccc([C@@H](C)NC(=O)c2ccc3c(c2)nc(-c2ccccn2)n3C2CCCCC2)cc1OC.COc1ccc([C@@H](C)[NH3+])cc1OC.COc1ccc([C@@H](C)[NH3+])cc1OC.O=C(O)c1ccc2c(c1)nc(-c1ccccn1)n2C1CCCCC1.[Cl-].[Cl-]. The van der Waals surface area contributed by atoms with E-state index in [2.05, 4.69) is 59.8 Å². The number of halogens is 2. The average molecular weight is 1890 g/mol. The zero-order chi connectivity index (χ0) is 95.8. The Morgan fingerprint density at radius 2 is 0.851 bits per heavy atom. The first kappa shape index (κ1) is 108. The number of aliphatic carboxylic acids is 1. The largest absolute Gasteiger partial charge is 1.00 e. The van der Waals surface area contributed by atoms with Gasteiger partial charge in [0, 0.05) is 41.2 Å². The second kappa shape index (κ2) is 53.0. The van der Waals surface area contributed by atoms with Crippen LogP contribution in [-0.4, -0.2) is 177 Å². The van der Waals surface area contributed by atoms with Gasteiger partial charge in [-0.2, -0.15) is 0 Å². The number of imide groups is 1. The Morgan fingerprint density at radius 1 is 0.455 bits per heavy atom. The van der Waals surface area contributed by atoms with Gasteiger partial charge < -0.3 is 123 Å². The van der Waals surface area contributed by atoms with Gasteiger partial charge in [-0.1, -0.05) is 96.6 Å². The second-order valence-corrected chi connectivity index (χ2v) is 33.0. The molecule has 6 heterocycles. The molecule has 0 spiro atoms. The van der Waals surface area contributed by atoms with E-state index in [9.17, 15) is 33.9 Å². The molecule has 0 bridgehead atoms. The molecule has 4 amide bonds. The summed E-state index contributed by atoms with van der Waals surface area (Å²) in [5.41, 5.74) is 18.7. The number of carbonyl (C=O) groups is 6. The number of ether oxygens (including phenoxy) is 12. The highest BCUT2D eigenvalue weighted by Gasteiger charge is 2.40. The Balaban J connectivity index is 0.000000223. The fourth-order valence-corrected chi connectivity index (χ4v) is 15.5. The number of imidazole rings is 2. The summed E-state index contributed by atoms with van der Waals surface area (Å²) in [5, 5.41) is 23.9. The first-order valence-corrected chi connectivity index (χ1v) is 44.3. The summed E-state index contributed by atoms with van der Waals surface area (Å²) in [4.78, 5) is 89.9. The number of methoxy groups -OCH3 is 10. The number of alkyl carbamates (subject to hydrolysis) is 1. The third-order valence-electron chi connectivity index (χ3n) is 23.3. The molecule has 10 N–H and O–H groups in total. The number of nitrogens with one attached hydrogen (secondary N) is 2. The van der Waals surface area contributed by atoms with Crippen LogP contribution >= 0.6 is 0 Å². The summed E-state index contributed by atoms with van der Waals surface area (Å²) in [5.74, 6) is 6.18. The maximum absolute atomic E-state index is 13.2. The summed E-state index contributed by atoms with van der Waals surface area (Å²) in [6.07, 6.45) is 14.8. The number of aromatic nitrogens is 6. The van der Waals surface area contributed by atoms with E-state index in [0.29, 0.717) is 70.2 Å². The molecular formula is C101H129Cl2N11O20. The highest BCUT2D eigenvalue weighted by atomic mass is 35.5. The number of carboxylic acid groups (broad SMARTS) is 2. The number of quaternary nitrogens is 2. The standard InChI is InChI=1S/C29H32N4O3.C19H19N3O2.C16H21NO5.C11H14O4.2C10H15NO2.C6H11NO2.2ClH/c1-19(20-13-15-26(35-2)27(18-20)36-3)31-29(34)21-12-14-25-24(17-21)32-28(23-11-7-8-16-30-23)33(25)22-9-5-4-6-10-22;23-19(24)13-9-10-17-16(12-13)21-18(15-8-4-5-11-20-15)22(17)14-6-2-1-3-7-14;1-10(2)12-9-22-16(19)17(12)15(18)8-11-5-6-13(20-3)14(7-11)21-4;1-7(11(12)13)8-4-5-9(14-2)10(6-8)15-3;2*1-7(11)8-4-5-9(12-2)10(6-8)13-3;1-4(2)5-3-9-6(8)7-5;;/h7-8,11-19,22H,4-6,9-10H2,1-3H3,(H,31,34);4-5,8-12,14H,1-3,6-7H2,(H,23,24);5-7,10,12H,8-9H2,1-4H3;4-7H,1-3H3,(H,12,13);2*4-7H,11H2,1-3H3;4-5H,3H2,1-2H3,(H,7,8);2*1H/t19-;;12-;3*7-;;;/m1.0111.../s1. The first-order valence-electron chi connectivity index (χ1n) is 44.3. The van der Waals surface area contributed by atoms with E-state index in [-0.39, 0.29) is 97.4 Å². The summed E-state index contributed by atoms with van der Waals surface area (Å²) in [6, 6.07) is 51.6. The van der Waals surface area contributed by atoms with Crippen molar-refractivity contribution in [2.45, 2.75) is 174 Å². The molecule has 15 rings (SSSR count). The molecule has 4 aliphatic rings. The number of carboxylic acids is 2. The van der Waals surface area contributed by atoms with Crippen molar-refractivity contribution in [2.75, 3.05) is 84.3 Å². The van der Waals surface area contributed by atoms with Crippen LogP contribution in [0.4, 0.5) is 9.59 Å². The summed E-state index contributed by atoms with van der Waals surface area (Å²) < 4.78 is 66.2. The van der Waals surface area contributed by atoms with Gasteiger partial charge in [0.05, 0.1) is 129 Å². The Kier molecular flexibility index (Phi) is 42.7. The number of amides is 4. The van der Waals surface area contributed by atoms with E-state index in [0.717, 1.165) is 116 Å². The van der Waals surface area contributed by atoms with Gasteiger partial charge in [-0.15, -0.1) is 0 Å². The molecule has 2 saturated carbocycles. The highest BCUT2D eigenvalue weighted by molar-refractivity contribution is 5.98. The lowest BCUT2D eigenvalue weighted by atomic mass is 9.95. The van der Waals surface area contributed by atoms with Crippen molar-refractivity contribution < 1.29 is 132 Å². The van der Waals surface area contributed by atoms with E-state index < -0.39 is 23.9 Å². The maximum atomic E-state index is 13.2. The maximum Gasteiger partial charge on any atom is 0.416 e. The molecule has 7 aromatic carbocycles. The van der Waals surface area contributed by atoms with Crippen LogP contribution in [0, 0.1) is 11.8 Å². The molecule has 4 fully saturated rings. The molecule has 4 aromatic heterocycles. The average Bonchev–Trinajstić information content (AvgIpc) is 1.61. The Labute approximate surface area is 796 Å². The van der Waals surface area contributed by atoms with Crippen LogP contribution < -0.4 is 94.3 Å². The van der Waals surface area contributed by atoms with E-state index >= 15 is 0 Å². The van der Waals surface area contributed by atoms with Gasteiger partial charge in [-0.05, 0) is 215 Å². The van der Waals surface area contributed by atoms with Crippen LogP contribution in [0.25, 0.3) is 45.1 Å². The normalized spacial score (nSPS) is 15.2. The van der Waals surface area contributed by atoms with Gasteiger partial charge in [0.25, 0.3) is 5.91 Å². The molecule has 0 radical (unpaired) electrons. The van der Waals surface area contributed by atoms with Crippen LogP contribution in [0.3, 0.4) is 0 Å². The zero-order valence-electron chi connectivity index (χ0n) is 79.8. The predicted molar refractivity (Wildman–Crippen MR) is 503 cm³/mol. The van der Waals surface area contributed by atoms with Crippen molar-refractivity contribution in [2.24, 2.45) is 11.8 Å². The number of rotatable bonds is 26. The van der Waals surface area contributed by atoms with Crippen molar-refractivity contribution in [3.8, 4) is 80.5 Å². The second-order valence-electron chi connectivity index (χ2n) is 33.0. The molecule has 2 saturated heterocycles. The van der Waals surface area contributed by atoms with Gasteiger partial charge in [0.1, 0.15) is 36.7 Å². The molecule has 2 aliphatic carbocycles. The van der Waals surface area contributed by atoms with Gasteiger partial charge in [-0.25, -0.2) is 29.3 Å². The Morgan fingerprint density at radius 3 is 1.22 bits per heavy atom. The number of cyclic esters (lactones) is 2. The monoisotopic (exact) mass is 1890 g/mol. The summed E-state index contributed by atoms with van der Waals surface area (Å²) in [7, 11) is 15.9. The topological polar surface area (TPSA) is 398 Å². The van der Waals surface area contributed by atoms with Gasteiger partial charge >= 0.3 is 24.1 Å². The van der Waals surface area contributed by atoms with Crippen molar-refractivity contribution in [3.05, 3.63) is 215 Å². The van der Waals surface area contributed by atoms with E-state index in [4.69, 9.17) is 67.2 Å². The number of fused-ring (bicyclic) bond motifs is 2. The van der Waals surface area contributed by atoms with Crippen molar-refractivity contribution in [1.29, 1.82) is 0 Å². The Bertz CT molecular complexity index is 5570. The number of nitrogens with zero attached hydrogens (tertiary/aromatic N) is 7. The number of aromatic carboxylic acids is 1. The van der Waals surface area contributed by atoms with Crippen molar-refractivity contribution >= 4 is 58.0 Å². The van der Waals surface area contributed by atoms with E-state index in [1.807, 2.05) is 150 Å². The minimum atomic E-state index is -0.927. The number of hydrogen-bond donors (Lipinski definition) is 6. The molecule has 33 heteroatoms. The molecular weight excluding hydrogens is 1760 g/mol. The molecule has 134 heavy (non-hydrogen) atoms. The van der Waals surface area contributed by atoms with Crippen LogP contribution in [-0.2, 0) is 25.5 Å². The minimum absolute atomic E-state index is 0.